The highest BCUT2D eigenvalue weighted by atomic mass is 31.2. The van der Waals surface area contributed by atoms with E-state index in [1.807, 2.05) is 103 Å². The molecule has 10 aromatic rings. The maximum Gasteiger partial charge on any atom is 0.266 e. The Kier molecular flexibility index (Phi) is 11.8. The molecule has 1 unspecified atom stereocenters. The number of benzene rings is 10. The van der Waals surface area contributed by atoms with Crippen molar-refractivity contribution in [1.82, 2.24) is 0 Å². The molecule has 0 bridgehead atoms. The average Bonchev–Trinajstić information content (AvgIpc) is 4.17. The van der Waals surface area contributed by atoms with Crippen molar-refractivity contribution < 1.29 is 19.2 Å². The van der Waals surface area contributed by atoms with Crippen LogP contribution < -0.4 is 52.2 Å². The van der Waals surface area contributed by atoms with E-state index in [9.17, 15) is 19.2 Å². The maximum atomic E-state index is 15.0. The van der Waals surface area contributed by atoms with E-state index in [1.54, 1.807) is 0 Å². The van der Waals surface area contributed by atoms with Gasteiger partial charge in [-0.3, -0.25) is 19.2 Å². The van der Waals surface area contributed by atoms with Crippen LogP contribution in [0.15, 0.2) is 261 Å². The van der Waals surface area contributed by atoms with Crippen LogP contribution in [0.1, 0.15) is 85.3 Å². The summed E-state index contributed by atoms with van der Waals surface area (Å²) in [5.41, 5.74) is 4.86. The molecule has 0 N–H and O–H groups in total. The summed E-state index contributed by atoms with van der Waals surface area (Å²) >= 11 is 0. The van der Waals surface area contributed by atoms with Gasteiger partial charge in [0.1, 0.15) is 57.0 Å². The Bertz CT molecular complexity index is 3810. The van der Waals surface area contributed by atoms with Gasteiger partial charge in [-0.2, -0.15) is 0 Å². The maximum absolute atomic E-state index is 15.0. The van der Waals surface area contributed by atoms with Gasteiger partial charge in [0.15, 0.2) is 0 Å². The molecule has 0 spiro atoms. The van der Waals surface area contributed by atoms with Crippen LogP contribution >= 0.6 is 14.5 Å². The topological polar surface area (TPSA) is 74.8 Å². The summed E-state index contributed by atoms with van der Waals surface area (Å²) in [5, 5.41) is 8.87. The van der Waals surface area contributed by atoms with Crippen molar-refractivity contribution in [2.45, 2.75) is 38.0 Å². The second-order valence-corrected chi connectivity index (χ2v) is 28.2. The van der Waals surface area contributed by atoms with E-state index in [4.69, 9.17) is 0 Å². The number of hydrogen-bond acceptors (Lipinski definition) is 4. The lowest BCUT2D eigenvalue weighted by Crippen LogP contribution is -2.38. The molecule has 2 aliphatic heterocycles. The molecule has 2 heterocycles. The van der Waals surface area contributed by atoms with Crippen LogP contribution in [0, 0.1) is 0 Å². The number of carbonyl (C=O) groups is 4. The van der Waals surface area contributed by atoms with Crippen molar-refractivity contribution in [2.24, 2.45) is 0 Å². The monoisotopic (exact) mass is 1050 g/mol. The molecule has 0 aromatic heterocycles. The highest BCUT2D eigenvalue weighted by molar-refractivity contribution is 8.02. The fraction of sp³-hybridized carbons (Fsp3) is 0.0857. The Balaban J connectivity index is 0.836. The molecule has 0 saturated heterocycles. The molecule has 376 valence electrons. The van der Waals surface area contributed by atoms with Crippen molar-refractivity contribution in [1.29, 1.82) is 0 Å². The summed E-state index contributed by atoms with van der Waals surface area (Å²) in [6, 6.07) is 88.5. The number of anilines is 2. The first-order chi connectivity index (χ1) is 38.0. The first-order valence-electron chi connectivity index (χ1n) is 26.4. The zero-order valence-corrected chi connectivity index (χ0v) is 45.2. The smallest absolute Gasteiger partial charge is 0.266 e. The van der Waals surface area contributed by atoms with E-state index in [1.165, 1.54) is 9.80 Å². The van der Waals surface area contributed by atoms with Crippen molar-refractivity contribution in [3.05, 3.63) is 300 Å². The minimum Gasteiger partial charge on any atom is -0.268 e. The second kappa shape index (κ2) is 18.8. The largest absolute Gasteiger partial charge is 0.268 e. The van der Waals surface area contributed by atoms with E-state index in [0.29, 0.717) is 33.6 Å². The number of nitrogens with zero attached hydrogens (tertiary/aromatic N) is 2. The minimum atomic E-state index is -2.55. The normalized spacial score (nSPS) is 16.6. The average molecular weight is 1050 g/mol. The van der Waals surface area contributed by atoms with Gasteiger partial charge in [-0.05, 0) is 162 Å². The molecule has 0 fully saturated rings. The molecule has 0 radical (unpaired) electrons. The van der Waals surface area contributed by atoms with Gasteiger partial charge >= 0.3 is 0 Å². The summed E-state index contributed by atoms with van der Waals surface area (Å²) in [6.45, 7) is 6.67. The van der Waals surface area contributed by atoms with Gasteiger partial charge < -0.3 is 0 Å². The summed E-state index contributed by atoms with van der Waals surface area (Å²) < 4.78 is 0. The van der Waals surface area contributed by atoms with Gasteiger partial charge in [0.2, 0.25) is 0 Å². The summed E-state index contributed by atoms with van der Waals surface area (Å²) in [7, 11) is -5.08. The number of imide groups is 2. The van der Waals surface area contributed by atoms with Gasteiger partial charge in [0.25, 0.3) is 23.6 Å². The molecule has 13 rings (SSSR count). The van der Waals surface area contributed by atoms with Gasteiger partial charge in [-0.1, -0.05) is 148 Å². The lowest BCUT2D eigenvalue weighted by Gasteiger charge is -2.29. The van der Waals surface area contributed by atoms with Crippen LogP contribution in [0.2, 0.25) is 0 Å². The zero-order chi connectivity index (χ0) is 53.4. The van der Waals surface area contributed by atoms with Gasteiger partial charge in [-0.25, -0.2) is 9.80 Å². The van der Waals surface area contributed by atoms with Crippen LogP contribution in [0.4, 0.5) is 11.4 Å². The predicted molar refractivity (Wildman–Crippen MR) is 322 cm³/mol. The molecular weight excluding hydrogens is 995 g/mol. The van der Waals surface area contributed by atoms with Gasteiger partial charge in [-0.15, -0.1) is 0 Å². The van der Waals surface area contributed by atoms with Gasteiger partial charge in [0, 0.05) is 5.41 Å². The Hall–Kier alpha value is -8.66. The number of carbonyl (C=O) groups excluding carboxylic acids is 4. The van der Waals surface area contributed by atoms with E-state index in [0.717, 1.165) is 65.5 Å². The molecule has 10 aromatic carbocycles. The molecular formula is C70H54N2O4P2+2. The number of rotatable bonds is 11. The third-order valence-electron chi connectivity index (χ3n) is 16.5. The minimum absolute atomic E-state index is 0.255. The summed E-state index contributed by atoms with van der Waals surface area (Å²) in [4.78, 5) is 61.5. The highest BCUT2D eigenvalue weighted by Crippen LogP contribution is 2.57. The lowest BCUT2D eigenvalue weighted by atomic mass is 9.75. The van der Waals surface area contributed by atoms with Crippen molar-refractivity contribution in [3.63, 3.8) is 0 Å². The second-order valence-electron chi connectivity index (χ2n) is 21.4. The van der Waals surface area contributed by atoms with E-state index in [-0.39, 0.29) is 29.0 Å². The first-order valence-corrected chi connectivity index (χ1v) is 30.0. The van der Waals surface area contributed by atoms with Crippen LogP contribution in [0.5, 0.6) is 0 Å². The quantitative estimate of drug-likeness (QED) is 0.0955. The molecule has 1 atom stereocenters. The molecule has 0 saturated carbocycles. The van der Waals surface area contributed by atoms with E-state index in [2.05, 4.69) is 178 Å². The van der Waals surface area contributed by atoms with Gasteiger partial charge in [0.05, 0.1) is 33.6 Å². The van der Waals surface area contributed by atoms with Crippen LogP contribution in [-0.4, -0.2) is 23.6 Å². The van der Waals surface area contributed by atoms with Crippen molar-refractivity contribution >= 4 is 92.0 Å². The van der Waals surface area contributed by atoms with E-state index >= 15 is 0 Å². The number of hydrogen-bond donors (Lipinski definition) is 0. The summed E-state index contributed by atoms with van der Waals surface area (Å²) in [6.07, 6.45) is 0.749. The Morgan fingerprint density at radius 2 is 0.628 bits per heavy atom. The Labute approximate surface area is 456 Å². The van der Waals surface area contributed by atoms with Crippen molar-refractivity contribution in [2.75, 3.05) is 9.80 Å². The first kappa shape index (κ1) is 48.9. The van der Waals surface area contributed by atoms with E-state index < -0.39 is 19.9 Å². The zero-order valence-electron chi connectivity index (χ0n) is 43.5. The van der Waals surface area contributed by atoms with Crippen LogP contribution in [-0.2, 0) is 10.8 Å². The Morgan fingerprint density at radius 1 is 0.308 bits per heavy atom. The number of fused-ring (bicyclic) bond motifs is 3. The molecule has 6 nitrogen and oxygen atoms in total. The van der Waals surface area contributed by atoms with Crippen LogP contribution in [0.3, 0.4) is 0 Å². The van der Waals surface area contributed by atoms with Crippen molar-refractivity contribution in [3.8, 4) is 0 Å². The molecule has 78 heavy (non-hydrogen) atoms. The lowest BCUT2D eigenvalue weighted by molar-refractivity contribution is 0.0910. The molecule has 8 heteroatoms. The third-order valence-corrected chi connectivity index (χ3v) is 25.1. The summed E-state index contributed by atoms with van der Waals surface area (Å²) in [5.74, 6) is -1.43. The highest BCUT2D eigenvalue weighted by Gasteiger charge is 2.52. The molecule has 1 aliphatic carbocycles. The standard InChI is InChI=1S/C70H54N2O4P2/c1-69(2)47-70(3,48-34-36-49(37-35-48)71-65(73)59-41-39-57(45-61(59)67(71)75)77(51-22-10-4-11-23-51,52-24-12-5-13-25-52)53-26-14-6-15-27-53)64-44-50(38-43-63(64)69)72-66(74)60-42-40-58(46-62(60)68(72)76)78(54-28-16-7-17-29-54,55-30-18-8-19-31-55)56-32-20-9-21-33-56/h4-46H,47H2,1-3H3/q+2. The number of amides is 4. The van der Waals surface area contributed by atoms with Crippen LogP contribution in [0.25, 0.3) is 0 Å². The fourth-order valence-electron chi connectivity index (χ4n) is 13.1. The predicted octanol–water partition coefficient (Wildman–Crippen LogP) is 11.5. The Morgan fingerprint density at radius 3 is 0.987 bits per heavy atom. The molecule has 4 amide bonds. The molecule has 3 aliphatic rings. The fourth-order valence-corrected chi connectivity index (χ4v) is 21.6. The SMILES string of the molecule is CC1(C)CC(C)(c2ccc(N3C(=O)c4ccc([P+](c5ccccc5)(c5ccccc5)c5ccccc5)cc4C3=O)cc2)c2cc(N3C(=O)c4ccc([P+](c5ccccc5)(c5ccccc5)c5ccccc5)cc4C3=O)ccc21. The third kappa shape index (κ3) is 7.38.